The van der Waals surface area contributed by atoms with E-state index in [4.69, 9.17) is 5.73 Å². The fraction of sp³-hybridized carbons (Fsp3) is 0. The van der Waals surface area contributed by atoms with Gasteiger partial charge in [-0.25, -0.2) is 4.98 Å². The molecular weight excluding hydrogens is 144 g/mol. The monoisotopic (exact) mass is 149 g/mol. The molecule has 1 aromatic carbocycles. The quantitative estimate of drug-likeness (QED) is 0.579. The zero-order valence-electron chi connectivity index (χ0n) is 5.16. The van der Waals surface area contributed by atoms with E-state index in [0.717, 1.165) is 15.9 Å². The third-order valence-corrected chi connectivity index (χ3v) is 2.08. The molecule has 1 radical (unpaired) electrons. The van der Waals surface area contributed by atoms with Crippen molar-refractivity contribution < 1.29 is 0 Å². The first-order valence-corrected chi connectivity index (χ1v) is 3.70. The molecule has 0 amide bonds. The standard InChI is InChI=1S/C7H5N2S/c8-5-2-1-3-6-7(5)9-4-10-6/h1-3H,8H2. The van der Waals surface area contributed by atoms with E-state index >= 15 is 0 Å². The molecule has 10 heavy (non-hydrogen) atoms. The van der Waals surface area contributed by atoms with Crippen LogP contribution in [0.3, 0.4) is 0 Å². The Morgan fingerprint density at radius 3 is 3.20 bits per heavy atom. The van der Waals surface area contributed by atoms with E-state index in [0.29, 0.717) is 0 Å². The predicted molar refractivity (Wildman–Crippen MR) is 42.9 cm³/mol. The van der Waals surface area contributed by atoms with Gasteiger partial charge in [0.05, 0.1) is 10.4 Å². The summed E-state index contributed by atoms with van der Waals surface area (Å²) >= 11 is 1.49. The molecule has 0 atom stereocenters. The second-order valence-electron chi connectivity index (χ2n) is 2.00. The van der Waals surface area contributed by atoms with Crippen molar-refractivity contribution in [2.45, 2.75) is 0 Å². The smallest absolute Gasteiger partial charge is 0.153 e. The van der Waals surface area contributed by atoms with Crippen molar-refractivity contribution in [3.05, 3.63) is 23.7 Å². The lowest BCUT2D eigenvalue weighted by Crippen LogP contribution is -1.84. The number of nitrogens with zero attached hydrogens (tertiary/aromatic N) is 1. The van der Waals surface area contributed by atoms with E-state index in [-0.39, 0.29) is 0 Å². The molecule has 0 aliphatic rings. The van der Waals surface area contributed by atoms with Crippen molar-refractivity contribution in [1.29, 1.82) is 0 Å². The lowest BCUT2D eigenvalue weighted by Gasteiger charge is -1.90. The summed E-state index contributed by atoms with van der Waals surface area (Å²) in [5.41, 5.74) is 10.0. The summed E-state index contributed by atoms with van der Waals surface area (Å²) in [6, 6.07) is 5.75. The molecule has 2 N–H and O–H groups in total. The van der Waals surface area contributed by atoms with Gasteiger partial charge >= 0.3 is 0 Å². The minimum Gasteiger partial charge on any atom is -0.397 e. The van der Waals surface area contributed by atoms with Crippen molar-refractivity contribution in [2.24, 2.45) is 0 Å². The summed E-state index contributed by atoms with van der Waals surface area (Å²) < 4.78 is 1.10. The molecule has 0 bridgehead atoms. The Labute approximate surface area is 62.3 Å². The number of thiazole rings is 1. The molecule has 2 aromatic rings. The summed E-state index contributed by atoms with van der Waals surface area (Å²) in [6.07, 6.45) is 0. The highest BCUT2D eigenvalue weighted by molar-refractivity contribution is 7.16. The Bertz CT molecular complexity index is 353. The molecule has 0 saturated heterocycles. The molecule has 1 heterocycles. The number of anilines is 1. The zero-order valence-corrected chi connectivity index (χ0v) is 5.98. The Morgan fingerprint density at radius 2 is 2.40 bits per heavy atom. The Kier molecular flexibility index (Phi) is 1.11. The number of fused-ring (bicyclic) bond motifs is 1. The first kappa shape index (κ1) is 5.68. The van der Waals surface area contributed by atoms with Gasteiger partial charge in [0.25, 0.3) is 0 Å². The number of nitrogen functional groups attached to an aromatic ring is 1. The zero-order chi connectivity index (χ0) is 6.97. The molecule has 0 aliphatic heterocycles. The lowest BCUT2D eigenvalue weighted by molar-refractivity contribution is 1.48. The van der Waals surface area contributed by atoms with E-state index in [1.165, 1.54) is 11.3 Å². The Morgan fingerprint density at radius 1 is 1.50 bits per heavy atom. The van der Waals surface area contributed by atoms with Crippen LogP contribution in [0.5, 0.6) is 0 Å². The molecule has 0 spiro atoms. The number of para-hydroxylation sites is 1. The van der Waals surface area contributed by atoms with Gasteiger partial charge in [-0.15, -0.1) is 11.3 Å². The third-order valence-electron chi connectivity index (χ3n) is 1.34. The van der Waals surface area contributed by atoms with Crippen LogP contribution in [0.1, 0.15) is 0 Å². The first-order chi connectivity index (χ1) is 4.88. The number of nitrogens with two attached hydrogens (primary N) is 1. The molecule has 2 rings (SSSR count). The maximum atomic E-state index is 5.62. The average Bonchev–Trinajstić information content (AvgIpc) is 2.36. The molecule has 49 valence electrons. The highest BCUT2D eigenvalue weighted by Crippen LogP contribution is 2.21. The summed E-state index contributed by atoms with van der Waals surface area (Å²) in [7, 11) is 0. The van der Waals surface area contributed by atoms with E-state index in [1.54, 1.807) is 0 Å². The van der Waals surface area contributed by atoms with Crippen molar-refractivity contribution in [3.63, 3.8) is 0 Å². The second-order valence-corrected chi connectivity index (χ2v) is 2.83. The minimum atomic E-state index is 0.731. The van der Waals surface area contributed by atoms with Crippen LogP contribution in [0.2, 0.25) is 0 Å². The molecule has 1 aromatic heterocycles. The SMILES string of the molecule is Nc1cccc2s[c]nc12. The van der Waals surface area contributed by atoms with Gasteiger partial charge in [-0.3, -0.25) is 0 Å². The Balaban J connectivity index is 2.95. The van der Waals surface area contributed by atoms with Crippen LogP contribution in [0.25, 0.3) is 10.2 Å². The number of hydrogen-bond acceptors (Lipinski definition) is 3. The van der Waals surface area contributed by atoms with Gasteiger partial charge in [0.2, 0.25) is 0 Å². The Hall–Kier alpha value is -1.09. The number of benzene rings is 1. The molecule has 0 unspecified atom stereocenters. The second kappa shape index (κ2) is 1.95. The normalized spacial score (nSPS) is 10.4. The maximum absolute atomic E-state index is 5.62. The highest BCUT2D eigenvalue weighted by Gasteiger charge is 1.97. The van der Waals surface area contributed by atoms with Crippen molar-refractivity contribution in [1.82, 2.24) is 4.98 Å². The van der Waals surface area contributed by atoms with Crippen molar-refractivity contribution >= 4 is 27.2 Å². The van der Waals surface area contributed by atoms with Crippen molar-refractivity contribution in [3.8, 4) is 0 Å². The predicted octanol–water partition coefficient (Wildman–Crippen LogP) is 1.68. The van der Waals surface area contributed by atoms with Gasteiger partial charge in [0, 0.05) is 0 Å². The molecule has 3 heteroatoms. The van der Waals surface area contributed by atoms with Crippen LogP contribution in [-0.4, -0.2) is 4.98 Å². The van der Waals surface area contributed by atoms with Crippen LogP contribution in [0.15, 0.2) is 18.2 Å². The largest absolute Gasteiger partial charge is 0.397 e. The van der Waals surface area contributed by atoms with Crippen LogP contribution in [0, 0.1) is 5.51 Å². The van der Waals surface area contributed by atoms with Crippen LogP contribution in [-0.2, 0) is 0 Å². The maximum Gasteiger partial charge on any atom is 0.153 e. The molecule has 0 aliphatic carbocycles. The van der Waals surface area contributed by atoms with E-state index < -0.39 is 0 Å². The highest BCUT2D eigenvalue weighted by atomic mass is 32.1. The number of rotatable bonds is 0. The third kappa shape index (κ3) is 0.675. The average molecular weight is 149 g/mol. The van der Waals surface area contributed by atoms with Gasteiger partial charge in [-0.05, 0) is 12.1 Å². The lowest BCUT2D eigenvalue weighted by atomic mass is 10.3. The number of aromatic nitrogens is 1. The van der Waals surface area contributed by atoms with Gasteiger partial charge in [-0.2, -0.15) is 0 Å². The van der Waals surface area contributed by atoms with Gasteiger partial charge in [0.15, 0.2) is 5.51 Å². The summed E-state index contributed by atoms with van der Waals surface area (Å²) in [6.45, 7) is 0. The van der Waals surface area contributed by atoms with E-state index in [9.17, 15) is 0 Å². The van der Waals surface area contributed by atoms with E-state index in [1.807, 2.05) is 18.2 Å². The van der Waals surface area contributed by atoms with Crippen LogP contribution < -0.4 is 5.73 Å². The van der Waals surface area contributed by atoms with Gasteiger partial charge < -0.3 is 5.73 Å². The fourth-order valence-electron chi connectivity index (χ4n) is 0.859. The molecular formula is C7H5N2S. The summed E-state index contributed by atoms with van der Waals surface area (Å²) in [5, 5.41) is 0. The summed E-state index contributed by atoms with van der Waals surface area (Å²) in [4.78, 5) is 3.99. The van der Waals surface area contributed by atoms with Crippen molar-refractivity contribution in [2.75, 3.05) is 5.73 Å². The topological polar surface area (TPSA) is 38.9 Å². The first-order valence-electron chi connectivity index (χ1n) is 2.89. The van der Waals surface area contributed by atoms with Gasteiger partial charge in [0.1, 0.15) is 5.52 Å². The fourth-order valence-corrected chi connectivity index (χ4v) is 1.50. The molecule has 0 saturated carbocycles. The summed E-state index contributed by atoms with van der Waals surface area (Å²) in [5.74, 6) is 0. The van der Waals surface area contributed by atoms with Crippen LogP contribution in [0.4, 0.5) is 5.69 Å². The van der Waals surface area contributed by atoms with E-state index in [2.05, 4.69) is 10.5 Å². The molecule has 0 fully saturated rings. The minimum absolute atomic E-state index is 0.731. The van der Waals surface area contributed by atoms with Gasteiger partial charge in [-0.1, -0.05) is 6.07 Å². The number of hydrogen-bond donors (Lipinski definition) is 1. The molecule has 2 nitrogen and oxygen atoms in total. The van der Waals surface area contributed by atoms with Crippen LogP contribution >= 0.6 is 11.3 Å².